The Labute approximate surface area is 131 Å². The van der Waals surface area contributed by atoms with E-state index in [-0.39, 0.29) is 22.9 Å². The van der Waals surface area contributed by atoms with Gasteiger partial charge in [-0.1, -0.05) is 53.5 Å². The number of hydrogen-bond donors (Lipinski definition) is 1. The molecule has 0 aliphatic rings. The second kappa shape index (κ2) is 6.60. The second-order valence-electron chi connectivity index (χ2n) is 4.44. The molecule has 0 saturated carbocycles. The van der Waals surface area contributed by atoms with Crippen LogP contribution in [0.25, 0.3) is 0 Å². The Hall–Kier alpha value is -1.36. The molecular formula is C15H13Cl2F2NO. The van der Waals surface area contributed by atoms with Crippen molar-refractivity contribution in [2.24, 2.45) is 5.73 Å². The molecule has 0 saturated heterocycles. The minimum atomic E-state index is -3.13. The summed E-state index contributed by atoms with van der Waals surface area (Å²) in [6.45, 7) is -0.738. The van der Waals surface area contributed by atoms with Crippen molar-refractivity contribution < 1.29 is 13.5 Å². The highest BCUT2D eigenvalue weighted by Gasteiger charge is 2.33. The first kappa shape index (κ1) is 16.0. The summed E-state index contributed by atoms with van der Waals surface area (Å²) < 4.78 is 33.3. The normalized spacial score (nSPS) is 11.5. The average molecular weight is 332 g/mol. The molecule has 0 aliphatic carbocycles. The van der Waals surface area contributed by atoms with Crippen LogP contribution in [0.1, 0.15) is 11.1 Å². The third-order valence-corrected chi connectivity index (χ3v) is 3.40. The summed E-state index contributed by atoms with van der Waals surface area (Å²) in [6.07, 6.45) is 0. The zero-order valence-corrected chi connectivity index (χ0v) is 12.5. The molecule has 2 rings (SSSR count). The van der Waals surface area contributed by atoms with E-state index in [1.54, 1.807) is 24.3 Å². The van der Waals surface area contributed by atoms with E-state index in [2.05, 4.69) is 0 Å². The highest BCUT2D eigenvalue weighted by atomic mass is 35.5. The molecule has 0 aliphatic heterocycles. The van der Waals surface area contributed by atoms with E-state index >= 15 is 0 Å². The fourth-order valence-electron chi connectivity index (χ4n) is 1.86. The highest BCUT2D eigenvalue weighted by Crippen LogP contribution is 2.35. The predicted molar refractivity (Wildman–Crippen MR) is 80.2 cm³/mol. The van der Waals surface area contributed by atoms with Gasteiger partial charge in [0.25, 0.3) is 0 Å². The maximum Gasteiger partial charge on any atom is 0.306 e. The van der Waals surface area contributed by atoms with E-state index in [0.29, 0.717) is 10.6 Å². The zero-order chi connectivity index (χ0) is 15.5. The Morgan fingerprint density at radius 3 is 2.38 bits per heavy atom. The Morgan fingerprint density at radius 2 is 1.76 bits per heavy atom. The molecule has 0 amide bonds. The van der Waals surface area contributed by atoms with Crippen LogP contribution in [-0.4, -0.2) is 6.61 Å². The van der Waals surface area contributed by atoms with Crippen LogP contribution < -0.4 is 10.5 Å². The van der Waals surface area contributed by atoms with E-state index in [9.17, 15) is 8.78 Å². The van der Waals surface area contributed by atoms with Gasteiger partial charge >= 0.3 is 5.92 Å². The van der Waals surface area contributed by atoms with Crippen LogP contribution >= 0.6 is 23.2 Å². The lowest BCUT2D eigenvalue weighted by Crippen LogP contribution is -2.23. The van der Waals surface area contributed by atoms with Gasteiger partial charge in [0.1, 0.15) is 5.75 Å². The van der Waals surface area contributed by atoms with E-state index in [4.69, 9.17) is 33.7 Å². The summed E-state index contributed by atoms with van der Waals surface area (Å²) >= 11 is 11.8. The van der Waals surface area contributed by atoms with Gasteiger partial charge in [0.05, 0.1) is 5.02 Å². The molecule has 0 bridgehead atoms. The van der Waals surface area contributed by atoms with Gasteiger partial charge in [0.2, 0.25) is 0 Å². The number of benzene rings is 2. The predicted octanol–water partition coefficient (Wildman–Crippen LogP) is 4.62. The Kier molecular flexibility index (Phi) is 5.04. The molecule has 2 aromatic rings. The molecule has 2 nitrogen and oxygen atoms in total. The standard InChI is InChI=1S/C15H13Cl2F2NO/c16-12-6-10(8-20)14(13(17)7-12)21-9-15(18,19)11-4-2-1-3-5-11/h1-7H,8-9,20H2. The lowest BCUT2D eigenvalue weighted by molar-refractivity contribution is -0.0468. The molecule has 21 heavy (non-hydrogen) atoms. The number of alkyl halides is 2. The summed E-state index contributed by atoms with van der Waals surface area (Å²) in [5.74, 6) is -2.99. The monoisotopic (exact) mass is 331 g/mol. The van der Waals surface area contributed by atoms with Gasteiger partial charge < -0.3 is 10.5 Å². The molecule has 0 atom stereocenters. The van der Waals surface area contributed by atoms with Crippen molar-refractivity contribution in [2.45, 2.75) is 12.5 Å². The van der Waals surface area contributed by atoms with Crippen molar-refractivity contribution in [2.75, 3.05) is 6.61 Å². The zero-order valence-electron chi connectivity index (χ0n) is 11.0. The van der Waals surface area contributed by atoms with Crippen LogP contribution in [0.15, 0.2) is 42.5 Å². The summed E-state index contributed by atoms with van der Waals surface area (Å²) in [4.78, 5) is 0. The lowest BCUT2D eigenvalue weighted by Gasteiger charge is -2.19. The Bertz CT molecular complexity index is 621. The van der Waals surface area contributed by atoms with Crippen molar-refractivity contribution in [3.63, 3.8) is 0 Å². The molecule has 0 unspecified atom stereocenters. The van der Waals surface area contributed by atoms with Crippen molar-refractivity contribution in [1.82, 2.24) is 0 Å². The summed E-state index contributed by atoms with van der Waals surface area (Å²) in [5.41, 5.74) is 5.92. The van der Waals surface area contributed by atoms with Gasteiger partial charge in [-0.15, -0.1) is 0 Å². The maximum atomic E-state index is 14.1. The van der Waals surface area contributed by atoms with E-state index in [1.165, 1.54) is 18.2 Å². The molecule has 6 heteroatoms. The fraction of sp³-hybridized carbons (Fsp3) is 0.200. The quantitative estimate of drug-likeness (QED) is 0.867. The minimum absolute atomic E-state index is 0.0898. The second-order valence-corrected chi connectivity index (χ2v) is 5.28. The number of hydrogen-bond acceptors (Lipinski definition) is 2. The summed E-state index contributed by atoms with van der Waals surface area (Å²) in [5, 5.41) is 0.537. The molecule has 0 fully saturated rings. The third kappa shape index (κ3) is 3.84. The van der Waals surface area contributed by atoms with Crippen molar-refractivity contribution >= 4 is 23.2 Å². The Morgan fingerprint density at radius 1 is 1.10 bits per heavy atom. The SMILES string of the molecule is NCc1cc(Cl)cc(Cl)c1OCC(F)(F)c1ccccc1. The third-order valence-electron chi connectivity index (χ3n) is 2.90. The molecule has 0 spiro atoms. The van der Waals surface area contributed by atoms with Gasteiger partial charge in [0, 0.05) is 22.7 Å². The molecule has 0 heterocycles. The first-order valence-corrected chi connectivity index (χ1v) is 6.94. The molecule has 0 aromatic heterocycles. The summed E-state index contributed by atoms with van der Waals surface area (Å²) in [7, 11) is 0. The van der Waals surface area contributed by atoms with Gasteiger partial charge in [-0.3, -0.25) is 0 Å². The van der Waals surface area contributed by atoms with Gasteiger partial charge in [0.15, 0.2) is 6.61 Å². The first-order chi connectivity index (χ1) is 9.94. The largest absolute Gasteiger partial charge is 0.485 e. The van der Waals surface area contributed by atoms with Crippen molar-refractivity contribution in [3.05, 3.63) is 63.6 Å². The molecule has 0 radical (unpaired) electrons. The first-order valence-electron chi connectivity index (χ1n) is 6.18. The Balaban J connectivity index is 2.20. The van der Waals surface area contributed by atoms with E-state index in [0.717, 1.165) is 0 Å². The van der Waals surface area contributed by atoms with Gasteiger partial charge in [-0.05, 0) is 12.1 Å². The minimum Gasteiger partial charge on any atom is -0.485 e. The van der Waals surface area contributed by atoms with E-state index in [1.807, 2.05) is 0 Å². The van der Waals surface area contributed by atoms with Crippen LogP contribution in [0.2, 0.25) is 10.0 Å². The van der Waals surface area contributed by atoms with Crippen LogP contribution in [0.3, 0.4) is 0 Å². The van der Waals surface area contributed by atoms with Crippen LogP contribution in [0.5, 0.6) is 5.75 Å². The molecule has 2 N–H and O–H groups in total. The van der Waals surface area contributed by atoms with Gasteiger partial charge in [-0.2, -0.15) is 8.78 Å². The highest BCUT2D eigenvalue weighted by molar-refractivity contribution is 6.35. The van der Waals surface area contributed by atoms with Gasteiger partial charge in [-0.25, -0.2) is 0 Å². The number of halogens is 4. The summed E-state index contributed by atoms with van der Waals surface area (Å²) in [6, 6.07) is 10.4. The molecular weight excluding hydrogens is 319 g/mol. The number of nitrogens with two attached hydrogens (primary N) is 1. The smallest absolute Gasteiger partial charge is 0.306 e. The van der Waals surface area contributed by atoms with Crippen LogP contribution in [0.4, 0.5) is 8.78 Å². The van der Waals surface area contributed by atoms with Crippen molar-refractivity contribution in [3.8, 4) is 5.75 Å². The van der Waals surface area contributed by atoms with E-state index < -0.39 is 12.5 Å². The average Bonchev–Trinajstić information content (AvgIpc) is 2.46. The molecule has 2 aromatic carbocycles. The molecule has 112 valence electrons. The van der Waals surface area contributed by atoms with Crippen molar-refractivity contribution in [1.29, 1.82) is 0 Å². The number of ether oxygens (including phenoxy) is 1. The van der Waals surface area contributed by atoms with Crippen LogP contribution in [-0.2, 0) is 12.5 Å². The maximum absolute atomic E-state index is 14.1. The van der Waals surface area contributed by atoms with Crippen LogP contribution in [0, 0.1) is 0 Å². The topological polar surface area (TPSA) is 35.2 Å². The fourth-order valence-corrected chi connectivity index (χ4v) is 2.45. The number of rotatable bonds is 5. The lowest BCUT2D eigenvalue weighted by atomic mass is 10.1.